The lowest BCUT2D eigenvalue weighted by Crippen LogP contribution is -2.91. The van der Waals surface area contributed by atoms with Gasteiger partial charge < -0.3 is 20.3 Å². The Morgan fingerprint density at radius 1 is 1.00 bits per heavy atom. The number of aliphatic hydroxyl groups is 1. The van der Waals surface area contributed by atoms with E-state index in [0.29, 0.717) is 24.1 Å². The normalized spacial score (nSPS) is 39.1. The minimum atomic E-state index is -1.17. The zero-order valence-electron chi connectivity index (χ0n) is 23.0. The molecule has 2 spiro atoms. The van der Waals surface area contributed by atoms with Gasteiger partial charge in [-0.25, -0.2) is 0 Å². The van der Waals surface area contributed by atoms with Crippen LogP contribution in [0.15, 0.2) is 42.5 Å². The van der Waals surface area contributed by atoms with Gasteiger partial charge in [-0.2, -0.15) is 0 Å². The van der Waals surface area contributed by atoms with Gasteiger partial charge in [0.15, 0.2) is 11.5 Å². The number of hydrogen-bond acceptors (Lipinski definition) is 6. The number of phenols is 1. The first-order chi connectivity index (χ1) is 19.4. The molecule has 7 heteroatoms. The van der Waals surface area contributed by atoms with Gasteiger partial charge in [0.25, 0.3) is 0 Å². The fraction of sp³-hybridized carbons (Fsp3) is 0.606. The Labute approximate surface area is 235 Å². The Morgan fingerprint density at radius 3 is 2.55 bits per heavy atom. The lowest BCUT2D eigenvalue weighted by atomic mass is 9.40. The van der Waals surface area contributed by atoms with Crippen molar-refractivity contribution in [3.8, 4) is 11.5 Å². The SMILES string of the molecule is O=C(C[C@H]1N(CC2CC2)[C@@]23CC[C@]1(O)[C@@H]1Oc4c(O)ccc5c4[C@@]12CCN(CC1CC1)[C@@H]3C5)Nc1ccccc1. The molecule has 8 aliphatic rings. The van der Waals surface area contributed by atoms with Crippen molar-refractivity contribution < 1.29 is 19.7 Å². The number of fused-ring (bicyclic) bond motifs is 2. The number of carbonyl (C=O) groups is 1. The second kappa shape index (κ2) is 8.02. The molecule has 2 aromatic carbocycles. The molecule has 4 aliphatic carbocycles. The number of phenolic OH excluding ortho intramolecular Hbond substituents is 1. The van der Waals surface area contributed by atoms with Crippen LogP contribution >= 0.6 is 0 Å². The van der Waals surface area contributed by atoms with Crippen molar-refractivity contribution in [2.24, 2.45) is 11.8 Å². The molecule has 3 saturated heterocycles. The van der Waals surface area contributed by atoms with Gasteiger partial charge in [-0.1, -0.05) is 24.3 Å². The number of amides is 1. The molecule has 6 atom stereocenters. The molecule has 0 radical (unpaired) electrons. The predicted octanol–water partition coefficient (Wildman–Crippen LogP) is 3.82. The number of likely N-dealkylation sites (tertiary alicyclic amines) is 1. The van der Waals surface area contributed by atoms with E-state index in [1.54, 1.807) is 6.07 Å². The van der Waals surface area contributed by atoms with Crippen molar-refractivity contribution in [3.05, 3.63) is 53.6 Å². The molecule has 2 aromatic rings. The van der Waals surface area contributed by atoms with E-state index in [-0.39, 0.29) is 35.1 Å². The first kappa shape index (κ1) is 24.0. The van der Waals surface area contributed by atoms with Crippen LogP contribution in [0.25, 0.3) is 0 Å². The van der Waals surface area contributed by atoms with Crippen LogP contribution in [0.2, 0.25) is 0 Å². The second-order valence-corrected chi connectivity index (χ2v) is 14.0. The van der Waals surface area contributed by atoms with Crippen LogP contribution in [-0.2, 0) is 16.6 Å². The summed E-state index contributed by atoms with van der Waals surface area (Å²) in [6.45, 7) is 3.08. The Kier molecular flexibility index (Phi) is 4.82. The number of nitrogens with one attached hydrogen (secondary N) is 1. The Hall–Kier alpha value is -2.61. The zero-order valence-corrected chi connectivity index (χ0v) is 23.0. The van der Waals surface area contributed by atoms with E-state index in [9.17, 15) is 15.0 Å². The maximum absolute atomic E-state index is 13.6. The van der Waals surface area contributed by atoms with Crippen molar-refractivity contribution in [1.29, 1.82) is 0 Å². The highest BCUT2D eigenvalue weighted by Gasteiger charge is 2.82. The van der Waals surface area contributed by atoms with Gasteiger partial charge in [-0.15, -0.1) is 0 Å². The summed E-state index contributed by atoms with van der Waals surface area (Å²) in [5, 5.41) is 27.0. The van der Waals surface area contributed by atoms with Gasteiger partial charge in [0.1, 0.15) is 11.7 Å². The highest BCUT2D eigenvalue weighted by atomic mass is 16.5. The average molecular weight is 542 g/mol. The molecule has 0 aromatic heterocycles. The van der Waals surface area contributed by atoms with Crippen molar-refractivity contribution in [3.63, 3.8) is 0 Å². The second-order valence-electron chi connectivity index (χ2n) is 14.0. The number of aromatic hydroxyl groups is 1. The summed E-state index contributed by atoms with van der Waals surface area (Å²) >= 11 is 0. The first-order valence-corrected chi connectivity index (χ1v) is 15.5. The van der Waals surface area contributed by atoms with E-state index in [1.165, 1.54) is 36.8 Å². The molecule has 6 fully saturated rings. The van der Waals surface area contributed by atoms with Crippen LogP contribution in [0.1, 0.15) is 62.5 Å². The van der Waals surface area contributed by atoms with Gasteiger partial charge in [0.2, 0.25) is 5.91 Å². The average Bonchev–Trinajstić information content (AvgIpc) is 3.88. The number of para-hydroxylation sites is 1. The van der Waals surface area contributed by atoms with Gasteiger partial charge in [-0.05, 0) is 93.5 Å². The van der Waals surface area contributed by atoms with E-state index in [0.717, 1.165) is 50.5 Å². The first-order valence-electron chi connectivity index (χ1n) is 15.5. The number of benzene rings is 2. The number of nitrogens with zero attached hydrogens (tertiary/aromatic N) is 2. The molecule has 40 heavy (non-hydrogen) atoms. The number of carbonyl (C=O) groups excluding carboxylic acids is 1. The molecule has 1 amide bonds. The standard InChI is InChI=1S/C33H39N3O4/c37-24-11-10-22-16-26-33-13-12-32(39,30-31(33,28(22)29(24)40-30)14-15-35(26)18-20-6-7-20)25(36(33)19-21-8-9-21)17-27(38)34-23-4-2-1-3-5-23/h1-5,10-11,20-21,25-26,30,37,39H,6-9,12-19H2,(H,34,38)/t25-,26-,30-,31+,32-,33-/m1/s1. The Morgan fingerprint density at radius 2 is 1.77 bits per heavy atom. The van der Waals surface area contributed by atoms with Gasteiger partial charge in [-0.3, -0.25) is 14.6 Å². The molecule has 7 nitrogen and oxygen atoms in total. The predicted molar refractivity (Wildman–Crippen MR) is 150 cm³/mol. The summed E-state index contributed by atoms with van der Waals surface area (Å²) in [5.74, 6) is 2.15. The molecular formula is C33H39N3O4. The van der Waals surface area contributed by atoms with E-state index in [1.807, 2.05) is 30.3 Å². The number of piperidine rings is 3. The number of hydrogen-bond donors (Lipinski definition) is 3. The molecule has 4 aliphatic heterocycles. The Balaban J connectivity index is 1.20. The summed E-state index contributed by atoms with van der Waals surface area (Å²) in [4.78, 5) is 19.1. The van der Waals surface area contributed by atoms with Crippen LogP contribution in [0, 0.1) is 11.8 Å². The lowest BCUT2D eigenvalue weighted by molar-refractivity contribution is -0.293. The van der Waals surface area contributed by atoms with Crippen LogP contribution < -0.4 is 10.1 Å². The third-order valence-electron chi connectivity index (χ3n) is 11.9. The molecule has 4 bridgehead atoms. The van der Waals surface area contributed by atoms with Crippen molar-refractivity contribution in [2.75, 3.05) is 25.0 Å². The minimum Gasteiger partial charge on any atom is -0.504 e. The van der Waals surface area contributed by atoms with Crippen LogP contribution in [0.5, 0.6) is 11.5 Å². The molecular weight excluding hydrogens is 502 g/mol. The zero-order chi connectivity index (χ0) is 26.9. The smallest absolute Gasteiger partial charge is 0.226 e. The summed E-state index contributed by atoms with van der Waals surface area (Å²) in [6, 6.07) is 13.5. The quantitative estimate of drug-likeness (QED) is 0.494. The molecule has 210 valence electrons. The molecule has 0 unspecified atom stereocenters. The maximum atomic E-state index is 13.6. The fourth-order valence-electron chi connectivity index (χ4n) is 10.1. The molecule has 3 saturated carbocycles. The number of rotatable bonds is 7. The maximum Gasteiger partial charge on any atom is 0.226 e. The van der Waals surface area contributed by atoms with Gasteiger partial charge in [0, 0.05) is 36.8 Å². The highest BCUT2D eigenvalue weighted by Crippen LogP contribution is 2.72. The third kappa shape index (κ3) is 2.99. The van der Waals surface area contributed by atoms with Crippen LogP contribution in [-0.4, -0.2) is 74.9 Å². The minimum absolute atomic E-state index is 0.0572. The van der Waals surface area contributed by atoms with E-state index < -0.39 is 11.7 Å². The monoisotopic (exact) mass is 541 g/mol. The van der Waals surface area contributed by atoms with Crippen molar-refractivity contribution >= 4 is 11.6 Å². The highest BCUT2D eigenvalue weighted by molar-refractivity contribution is 5.91. The summed E-state index contributed by atoms with van der Waals surface area (Å²) < 4.78 is 6.79. The lowest BCUT2D eigenvalue weighted by Gasteiger charge is -2.77. The van der Waals surface area contributed by atoms with E-state index >= 15 is 0 Å². The largest absolute Gasteiger partial charge is 0.504 e. The van der Waals surface area contributed by atoms with Crippen molar-refractivity contribution in [2.45, 2.75) is 92.5 Å². The number of ether oxygens (including phenoxy) is 1. The van der Waals surface area contributed by atoms with Crippen LogP contribution in [0.4, 0.5) is 5.69 Å². The summed E-state index contributed by atoms with van der Waals surface area (Å²) in [5.41, 5.74) is 1.48. The van der Waals surface area contributed by atoms with Gasteiger partial charge >= 0.3 is 0 Å². The van der Waals surface area contributed by atoms with Gasteiger partial charge in [0.05, 0.1) is 17.0 Å². The molecule has 4 heterocycles. The Bertz CT molecular complexity index is 1390. The van der Waals surface area contributed by atoms with Crippen molar-refractivity contribution in [1.82, 2.24) is 9.80 Å². The summed E-state index contributed by atoms with van der Waals surface area (Å²) in [6.07, 6.45) is 8.29. The van der Waals surface area contributed by atoms with Crippen LogP contribution in [0.3, 0.4) is 0 Å². The molecule has 10 rings (SSSR count). The fourth-order valence-corrected chi connectivity index (χ4v) is 10.1. The molecule has 3 N–H and O–H groups in total. The number of anilines is 1. The summed E-state index contributed by atoms with van der Waals surface area (Å²) in [7, 11) is 0. The topological polar surface area (TPSA) is 85.3 Å². The van der Waals surface area contributed by atoms with E-state index in [4.69, 9.17) is 4.74 Å². The third-order valence-corrected chi connectivity index (χ3v) is 11.9. The van der Waals surface area contributed by atoms with E-state index in [2.05, 4.69) is 21.2 Å².